The van der Waals surface area contributed by atoms with E-state index in [-0.39, 0.29) is 0 Å². The quantitative estimate of drug-likeness (QED) is 0.679. The first kappa shape index (κ1) is 11.7. The molecule has 0 bridgehead atoms. The molecule has 2 nitrogen and oxygen atoms in total. The van der Waals surface area contributed by atoms with E-state index in [1.807, 2.05) is 0 Å². The van der Waals surface area contributed by atoms with Gasteiger partial charge in [-0.2, -0.15) is 0 Å². The fourth-order valence-corrected chi connectivity index (χ4v) is 4.82. The molecule has 3 heteroatoms. The van der Waals surface area contributed by atoms with Gasteiger partial charge in [0.15, 0.2) is 0 Å². The molecule has 1 aliphatic carbocycles. The van der Waals surface area contributed by atoms with E-state index < -0.39 is 18.6 Å². The van der Waals surface area contributed by atoms with Gasteiger partial charge in [0.05, 0.1) is 0 Å². The van der Waals surface area contributed by atoms with Gasteiger partial charge in [0.2, 0.25) is 0 Å². The van der Waals surface area contributed by atoms with E-state index in [0.29, 0.717) is 4.22 Å². The van der Waals surface area contributed by atoms with Crippen LogP contribution in [0.1, 0.15) is 39.0 Å². The Hall–Kier alpha value is 0.634. The minimum absolute atomic E-state index is 0.704. The summed E-state index contributed by atoms with van der Waals surface area (Å²) in [7, 11) is 3.61. The Morgan fingerprint density at radius 2 is 1.62 bits per heavy atom. The molecule has 0 N–H and O–H groups in total. The summed E-state index contributed by atoms with van der Waals surface area (Å²) >= 11 is -1.63. The third-order valence-electron chi connectivity index (χ3n) is 3.13. The predicted molar refractivity (Wildman–Crippen MR) is 50.0 cm³/mol. The molecule has 1 aliphatic rings. The van der Waals surface area contributed by atoms with Gasteiger partial charge in [0, 0.05) is 0 Å². The Morgan fingerprint density at radius 3 is 2.08 bits per heavy atom. The summed E-state index contributed by atoms with van der Waals surface area (Å²) < 4.78 is 11.6. The Bertz CT molecular complexity index is 131. The molecule has 0 radical (unpaired) electrons. The Morgan fingerprint density at radius 1 is 1.08 bits per heavy atom. The van der Waals surface area contributed by atoms with Gasteiger partial charge >= 0.3 is 88.7 Å². The second kappa shape index (κ2) is 6.18. The van der Waals surface area contributed by atoms with E-state index in [0.717, 1.165) is 5.92 Å². The molecule has 0 aromatic carbocycles. The zero-order valence-electron chi connectivity index (χ0n) is 9.01. The van der Waals surface area contributed by atoms with Gasteiger partial charge in [-0.05, 0) is 0 Å². The summed E-state index contributed by atoms with van der Waals surface area (Å²) in [6.45, 7) is 2.32. The van der Waals surface area contributed by atoms with Crippen LogP contribution in [0.4, 0.5) is 0 Å². The first-order valence-electron chi connectivity index (χ1n) is 5.24. The van der Waals surface area contributed by atoms with Crippen molar-refractivity contribution in [2.45, 2.75) is 43.3 Å². The topological polar surface area (TPSA) is 18.5 Å². The summed E-state index contributed by atoms with van der Waals surface area (Å²) in [4.78, 5) is 0. The molecular weight excluding hydrogens is 200 g/mol. The molecule has 0 aromatic heterocycles. The van der Waals surface area contributed by atoms with Crippen LogP contribution in [-0.2, 0) is 25.3 Å². The molecule has 0 amide bonds. The van der Waals surface area contributed by atoms with Crippen molar-refractivity contribution < 1.29 is 25.3 Å². The molecular formula is C10H21O2Ti. The van der Waals surface area contributed by atoms with Crippen molar-refractivity contribution in [3.05, 3.63) is 0 Å². The molecule has 77 valence electrons. The zero-order valence-corrected chi connectivity index (χ0v) is 10.6. The van der Waals surface area contributed by atoms with Gasteiger partial charge in [-0.3, -0.25) is 0 Å². The molecule has 13 heavy (non-hydrogen) atoms. The molecule has 1 fully saturated rings. The van der Waals surface area contributed by atoms with E-state index in [1.54, 1.807) is 14.2 Å². The Labute approximate surface area is 88.8 Å². The predicted octanol–water partition coefficient (Wildman–Crippen LogP) is 3.12. The molecule has 0 aliphatic heterocycles. The molecule has 0 heterocycles. The zero-order chi connectivity index (χ0) is 9.68. The van der Waals surface area contributed by atoms with E-state index >= 15 is 0 Å². The Balaban J connectivity index is 2.38. The van der Waals surface area contributed by atoms with E-state index in [4.69, 9.17) is 6.64 Å². The molecule has 1 saturated carbocycles. The standard InChI is InChI=1S/C8H15.2CH3O.Ti/c1-2-8-6-4-3-5-7-8;2*1-2;/h2,8H,3-7H2,1H3;2*1H3;/q;2*-1;+2. The van der Waals surface area contributed by atoms with Crippen molar-refractivity contribution in [3.63, 3.8) is 0 Å². The summed E-state index contributed by atoms with van der Waals surface area (Å²) in [6.07, 6.45) is 7.04. The van der Waals surface area contributed by atoms with Crippen molar-refractivity contribution in [1.82, 2.24) is 0 Å². The summed E-state index contributed by atoms with van der Waals surface area (Å²) in [5, 5.41) is 0. The number of hydrogen-bond acceptors (Lipinski definition) is 2. The van der Waals surface area contributed by atoms with Crippen molar-refractivity contribution in [2.24, 2.45) is 5.92 Å². The fourth-order valence-electron chi connectivity index (χ4n) is 2.28. The van der Waals surface area contributed by atoms with Crippen molar-refractivity contribution >= 4 is 0 Å². The third-order valence-corrected chi connectivity index (χ3v) is 6.28. The SMILES string of the molecule is C[O][Ti]([O]C)[CH](C)C1CCCCC1. The van der Waals surface area contributed by atoms with E-state index in [2.05, 4.69) is 6.92 Å². The van der Waals surface area contributed by atoms with Crippen LogP contribution in [0.2, 0.25) is 4.22 Å². The summed E-state index contributed by atoms with van der Waals surface area (Å²) in [5.74, 6) is 0.878. The maximum absolute atomic E-state index is 5.46. The molecule has 1 atom stereocenters. The average molecular weight is 221 g/mol. The average Bonchev–Trinajstić information content (AvgIpc) is 2.21. The van der Waals surface area contributed by atoms with Crippen LogP contribution < -0.4 is 0 Å². The molecule has 0 aromatic rings. The van der Waals surface area contributed by atoms with E-state index in [1.165, 1.54) is 32.1 Å². The van der Waals surface area contributed by atoms with Gasteiger partial charge < -0.3 is 0 Å². The van der Waals surface area contributed by atoms with Gasteiger partial charge in [0.25, 0.3) is 0 Å². The van der Waals surface area contributed by atoms with Gasteiger partial charge in [-0.1, -0.05) is 0 Å². The maximum atomic E-state index is 5.46. The Kier molecular flexibility index (Phi) is 5.57. The molecule has 1 rings (SSSR count). The van der Waals surface area contributed by atoms with E-state index in [9.17, 15) is 0 Å². The first-order chi connectivity index (χ1) is 6.29. The van der Waals surface area contributed by atoms with Crippen LogP contribution in [-0.4, -0.2) is 14.2 Å². The van der Waals surface area contributed by atoms with Crippen LogP contribution in [0.3, 0.4) is 0 Å². The minimum atomic E-state index is -1.63. The van der Waals surface area contributed by atoms with Crippen LogP contribution in [0.25, 0.3) is 0 Å². The van der Waals surface area contributed by atoms with Crippen molar-refractivity contribution in [2.75, 3.05) is 14.2 Å². The molecule has 0 saturated heterocycles. The van der Waals surface area contributed by atoms with Crippen molar-refractivity contribution in [1.29, 1.82) is 0 Å². The van der Waals surface area contributed by atoms with Gasteiger partial charge in [-0.25, -0.2) is 0 Å². The number of hydrogen-bond donors (Lipinski definition) is 0. The summed E-state index contributed by atoms with van der Waals surface area (Å²) in [5.41, 5.74) is 0. The monoisotopic (exact) mass is 221 g/mol. The van der Waals surface area contributed by atoms with Crippen LogP contribution in [0, 0.1) is 5.92 Å². The normalized spacial score (nSPS) is 21.5. The molecule has 0 spiro atoms. The van der Waals surface area contributed by atoms with Crippen LogP contribution in [0.5, 0.6) is 0 Å². The number of rotatable bonds is 4. The third kappa shape index (κ3) is 3.36. The molecule has 1 unspecified atom stereocenters. The second-order valence-electron chi connectivity index (χ2n) is 3.91. The van der Waals surface area contributed by atoms with Crippen LogP contribution >= 0.6 is 0 Å². The second-order valence-corrected chi connectivity index (χ2v) is 7.61. The van der Waals surface area contributed by atoms with Gasteiger partial charge in [0.1, 0.15) is 0 Å². The first-order valence-corrected chi connectivity index (χ1v) is 7.42. The van der Waals surface area contributed by atoms with Crippen LogP contribution in [0.15, 0.2) is 0 Å². The fraction of sp³-hybridized carbons (Fsp3) is 1.00. The van der Waals surface area contributed by atoms with Gasteiger partial charge in [-0.15, -0.1) is 0 Å². The summed E-state index contributed by atoms with van der Waals surface area (Å²) in [6, 6.07) is 0. The van der Waals surface area contributed by atoms with Crippen molar-refractivity contribution in [3.8, 4) is 0 Å².